The zero-order chi connectivity index (χ0) is 12.3. The number of unbranched alkanes of at least 4 members (excludes halogenated alkanes) is 1. The summed E-state index contributed by atoms with van der Waals surface area (Å²) < 4.78 is 38.8. The molecular formula is C13H16F3N. The van der Waals surface area contributed by atoms with Crippen molar-refractivity contribution >= 4 is 0 Å². The van der Waals surface area contributed by atoms with Gasteiger partial charge in [-0.2, -0.15) is 0 Å². The summed E-state index contributed by atoms with van der Waals surface area (Å²) >= 11 is 0. The van der Waals surface area contributed by atoms with E-state index in [2.05, 4.69) is 5.32 Å². The first-order chi connectivity index (χ1) is 8.16. The van der Waals surface area contributed by atoms with Crippen LogP contribution in [0.2, 0.25) is 0 Å². The van der Waals surface area contributed by atoms with Crippen LogP contribution >= 0.6 is 0 Å². The minimum absolute atomic E-state index is 0.260. The molecule has 1 aromatic rings. The molecule has 0 heterocycles. The van der Waals surface area contributed by atoms with Crippen molar-refractivity contribution in [1.82, 2.24) is 5.32 Å². The van der Waals surface area contributed by atoms with Gasteiger partial charge in [0.25, 0.3) is 0 Å². The first kappa shape index (κ1) is 12.4. The molecule has 0 aromatic heterocycles. The second-order valence-electron chi connectivity index (χ2n) is 4.54. The minimum atomic E-state index is -1.12. The third kappa shape index (κ3) is 3.73. The molecule has 2 rings (SSSR count). The van der Waals surface area contributed by atoms with Crippen LogP contribution in [0.4, 0.5) is 13.2 Å². The molecule has 0 unspecified atom stereocenters. The normalized spacial score (nSPS) is 15.2. The summed E-state index contributed by atoms with van der Waals surface area (Å²) in [6, 6.07) is 2.25. The van der Waals surface area contributed by atoms with Crippen LogP contribution in [0.1, 0.15) is 31.2 Å². The highest BCUT2D eigenvalue weighted by molar-refractivity contribution is 5.20. The van der Waals surface area contributed by atoms with Crippen molar-refractivity contribution in [3.8, 4) is 0 Å². The Hall–Kier alpha value is -1.03. The van der Waals surface area contributed by atoms with E-state index < -0.39 is 17.5 Å². The van der Waals surface area contributed by atoms with Gasteiger partial charge in [-0.3, -0.25) is 0 Å². The Labute approximate surface area is 99.0 Å². The predicted octanol–water partition coefficient (Wildman–Crippen LogP) is 3.18. The Bertz CT molecular complexity index is 388. The van der Waals surface area contributed by atoms with Gasteiger partial charge in [0.1, 0.15) is 5.82 Å². The fourth-order valence-electron chi connectivity index (χ4n) is 1.79. The van der Waals surface area contributed by atoms with E-state index in [-0.39, 0.29) is 5.56 Å². The predicted molar refractivity (Wildman–Crippen MR) is 60.3 cm³/mol. The van der Waals surface area contributed by atoms with Crippen molar-refractivity contribution in [2.75, 3.05) is 6.54 Å². The SMILES string of the molecule is Fc1cc(F)c(CCCCNC2CC2)cc1F. The maximum Gasteiger partial charge on any atom is 0.161 e. The zero-order valence-corrected chi connectivity index (χ0v) is 9.61. The topological polar surface area (TPSA) is 12.0 Å². The number of nitrogens with one attached hydrogen (secondary N) is 1. The quantitative estimate of drug-likeness (QED) is 0.597. The first-order valence-electron chi connectivity index (χ1n) is 6.03. The molecule has 0 amide bonds. The van der Waals surface area contributed by atoms with Crippen molar-refractivity contribution < 1.29 is 13.2 Å². The molecule has 94 valence electrons. The van der Waals surface area contributed by atoms with E-state index in [1.807, 2.05) is 0 Å². The summed E-state index contributed by atoms with van der Waals surface area (Å²) in [5.74, 6) is -2.75. The Balaban J connectivity index is 1.75. The molecule has 1 saturated carbocycles. The number of benzene rings is 1. The van der Waals surface area contributed by atoms with Crippen molar-refractivity contribution in [2.24, 2.45) is 0 Å². The first-order valence-corrected chi connectivity index (χ1v) is 6.03. The number of hydrogen-bond donors (Lipinski definition) is 1. The van der Waals surface area contributed by atoms with Crippen molar-refractivity contribution in [2.45, 2.75) is 38.1 Å². The Morgan fingerprint density at radius 1 is 1.00 bits per heavy atom. The molecule has 4 heteroatoms. The maximum absolute atomic E-state index is 13.3. The van der Waals surface area contributed by atoms with Gasteiger partial charge in [0.15, 0.2) is 11.6 Å². The molecule has 0 atom stereocenters. The molecule has 1 aliphatic carbocycles. The van der Waals surface area contributed by atoms with Crippen LogP contribution in [-0.4, -0.2) is 12.6 Å². The minimum Gasteiger partial charge on any atom is -0.314 e. The van der Waals surface area contributed by atoms with Crippen LogP contribution in [0, 0.1) is 17.5 Å². The van der Waals surface area contributed by atoms with Crippen LogP contribution in [0.25, 0.3) is 0 Å². The summed E-state index contributed by atoms with van der Waals surface area (Å²) in [5.41, 5.74) is 0.260. The van der Waals surface area contributed by atoms with Crippen LogP contribution in [0.3, 0.4) is 0 Å². The van der Waals surface area contributed by atoms with Crippen LogP contribution in [0.15, 0.2) is 12.1 Å². The molecule has 17 heavy (non-hydrogen) atoms. The summed E-state index contributed by atoms with van der Waals surface area (Å²) in [5, 5.41) is 3.35. The number of halogens is 3. The van der Waals surface area contributed by atoms with E-state index in [1.165, 1.54) is 12.8 Å². The van der Waals surface area contributed by atoms with Crippen molar-refractivity contribution in [3.05, 3.63) is 35.1 Å². The standard InChI is InChI=1S/C13H16F3N/c14-11-8-13(16)12(15)7-9(11)3-1-2-6-17-10-4-5-10/h7-8,10,17H,1-6H2. The highest BCUT2D eigenvalue weighted by atomic mass is 19.2. The monoisotopic (exact) mass is 243 g/mol. The average Bonchev–Trinajstić information content (AvgIpc) is 3.08. The number of hydrogen-bond acceptors (Lipinski definition) is 1. The zero-order valence-electron chi connectivity index (χ0n) is 9.61. The molecule has 0 bridgehead atoms. The van der Waals surface area contributed by atoms with Gasteiger partial charge in [-0.1, -0.05) is 0 Å². The lowest BCUT2D eigenvalue weighted by Gasteiger charge is -2.05. The molecule has 0 aliphatic heterocycles. The third-order valence-corrected chi connectivity index (χ3v) is 2.97. The highest BCUT2D eigenvalue weighted by Gasteiger charge is 2.19. The number of aryl methyl sites for hydroxylation is 1. The van der Waals surface area contributed by atoms with E-state index in [0.717, 1.165) is 25.5 Å². The summed E-state index contributed by atoms with van der Waals surface area (Å²) in [6.45, 7) is 0.913. The number of rotatable bonds is 6. The van der Waals surface area contributed by atoms with Gasteiger partial charge in [-0.25, -0.2) is 13.2 Å². The fourth-order valence-corrected chi connectivity index (χ4v) is 1.79. The molecule has 1 aliphatic rings. The second-order valence-corrected chi connectivity index (χ2v) is 4.54. The van der Waals surface area contributed by atoms with Gasteiger partial charge in [0.05, 0.1) is 0 Å². The van der Waals surface area contributed by atoms with Crippen molar-refractivity contribution in [1.29, 1.82) is 0 Å². The molecule has 0 radical (unpaired) electrons. The van der Waals surface area contributed by atoms with Crippen LogP contribution < -0.4 is 5.32 Å². The third-order valence-electron chi connectivity index (χ3n) is 2.97. The van der Waals surface area contributed by atoms with Crippen molar-refractivity contribution in [3.63, 3.8) is 0 Å². The Morgan fingerprint density at radius 3 is 2.41 bits per heavy atom. The second kappa shape index (κ2) is 5.54. The molecule has 1 N–H and O–H groups in total. The summed E-state index contributed by atoms with van der Waals surface area (Å²) in [4.78, 5) is 0. The largest absolute Gasteiger partial charge is 0.314 e. The highest BCUT2D eigenvalue weighted by Crippen LogP contribution is 2.19. The average molecular weight is 243 g/mol. The maximum atomic E-state index is 13.3. The molecule has 1 fully saturated rings. The molecule has 1 aromatic carbocycles. The van der Waals surface area contributed by atoms with Gasteiger partial charge >= 0.3 is 0 Å². The fraction of sp³-hybridized carbons (Fsp3) is 0.538. The Kier molecular flexibility index (Phi) is 4.05. The smallest absolute Gasteiger partial charge is 0.161 e. The van der Waals surface area contributed by atoms with E-state index in [4.69, 9.17) is 0 Å². The van der Waals surface area contributed by atoms with E-state index >= 15 is 0 Å². The molecule has 0 spiro atoms. The van der Waals surface area contributed by atoms with Crippen LogP contribution in [0.5, 0.6) is 0 Å². The van der Waals surface area contributed by atoms with Crippen LogP contribution in [-0.2, 0) is 6.42 Å². The van der Waals surface area contributed by atoms with Gasteiger partial charge < -0.3 is 5.32 Å². The summed E-state index contributed by atoms with van der Waals surface area (Å²) in [7, 11) is 0. The lowest BCUT2D eigenvalue weighted by atomic mass is 10.1. The lowest BCUT2D eigenvalue weighted by molar-refractivity contribution is 0.488. The lowest BCUT2D eigenvalue weighted by Crippen LogP contribution is -2.17. The molecule has 1 nitrogen and oxygen atoms in total. The Morgan fingerprint density at radius 2 is 1.71 bits per heavy atom. The molecular weight excluding hydrogens is 227 g/mol. The van der Waals surface area contributed by atoms with Gasteiger partial charge in [-0.15, -0.1) is 0 Å². The van der Waals surface area contributed by atoms with Gasteiger partial charge in [0.2, 0.25) is 0 Å². The summed E-state index contributed by atoms with van der Waals surface area (Å²) in [6.07, 6.45) is 4.65. The van der Waals surface area contributed by atoms with E-state index in [0.29, 0.717) is 18.5 Å². The van der Waals surface area contributed by atoms with Gasteiger partial charge in [-0.05, 0) is 50.3 Å². The molecule has 0 saturated heterocycles. The van der Waals surface area contributed by atoms with E-state index in [9.17, 15) is 13.2 Å². The van der Waals surface area contributed by atoms with E-state index in [1.54, 1.807) is 0 Å². The van der Waals surface area contributed by atoms with Gasteiger partial charge in [0, 0.05) is 12.1 Å².